The quantitative estimate of drug-likeness (QED) is 0.907. The number of pyridine rings is 1. The Morgan fingerprint density at radius 2 is 2.18 bits per heavy atom. The van der Waals surface area contributed by atoms with Crippen LogP contribution in [0, 0.1) is 6.92 Å². The maximum absolute atomic E-state index is 6.05. The van der Waals surface area contributed by atoms with Crippen LogP contribution in [0.4, 0.5) is 0 Å². The summed E-state index contributed by atoms with van der Waals surface area (Å²) in [5.74, 6) is 0. The molecule has 0 atom stereocenters. The standard InChI is InChI=1S/C13H17N3S/c1-9-11(7-13(2,3)14)17-12(16-9)10-5-4-6-15-8-10/h4-6,8H,7,14H2,1-3H3. The number of hydrogen-bond acceptors (Lipinski definition) is 4. The zero-order valence-corrected chi connectivity index (χ0v) is 11.2. The first-order chi connectivity index (χ1) is 7.96. The molecule has 0 spiro atoms. The molecule has 0 radical (unpaired) electrons. The highest BCUT2D eigenvalue weighted by Gasteiger charge is 2.17. The van der Waals surface area contributed by atoms with Crippen molar-refractivity contribution in [3.8, 4) is 10.6 Å². The van der Waals surface area contributed by atoms with Crippen molar-refractivity contribution in [2.75, 3.05) is 0 Å². The molecule has 0 bridgehead atoms. The van der Waals surface area contributed by atoms with Gasteiger partial charge >= 0.3 is 0 Å². The Morgan fingerprint density at radius 1 is 1.41 bits per heavy atom. The number of thiazole rings is 1. The van der Waals surface area contributed by atoms with E-state index >= 15 is 0 Å². The Bertz CT molecular complexity index is 497. The van der Waals surface area contributed by atoms with Crippen LogP contribution in [-0.4, -0.2) is 15.5 Å². The van der Waals surface area contributed by atoms with Crippen molar-refractivity contribution in [1.82, 2.24) is 9.97 Å². The summed E-state index contributed by atoms with van der Waals surface area (Å²) in [6.45, 7) is 6.11. The summed E-state index contributed by atoms with van der Waals surface area (Å²) in [4.78, 5) is 9.97. The van der Waals surface area contributed by atoms with Gasteiger partial charge in [0.2, 0.25) is 0 Å². The van der Waals surface area contributed by atoms with Gasteiger partial charge in [0.05, 0.1) is 5.69 Å². The SMILES string of the molecule is Cc1nc(-c2cccnc2)sc1CC(C)(C)N. The van der Waals surface area contributed by atoms with Gasteiger partial charge in [-0.1, -0.05) is 0 Å². The number of aromatic nitrogens is 2. The van der Waals surface area contributed by atoms with E-state index in [1.165, 1.54) is 4.88 Å². The van der Waals surface area contributed by atoms with Crippen molar-refractivity contribution in [3.63, 3.8) is 0 Å². The van der Waals surface area contributed by atoms with Crippen LogP contribution in [0.25, 0.3) is 10.6 Å². The molecule has 2 heterocycles. The van der Waals surface area contributed by atoms with Crippen LogP contribution >= 0.6 is 11.3 Å². The second kappa shape index (κ2) is 4.55. The van der Waals surface area contributed by atoms with E-state index in [1.54, 1.807) is 17.5 Å². The van der Waals surface area contributed by atoms with Gasteiger partial charge in [0.25, 0.3) is 0 Å². The molecule has 2 rings (SSSR count). The molecule has 0 saturated carbocycles. The van der Waals surface area contributed by atoms with E-state index < -0.39 is 0 Å². The van der Waals surface area contributed by atoms with Crippen LogP contribution in [0.2, 0.25) is 0 Å². The molecular formula is C13H17N3S. The average Bonchev–Trinajstić information content (AvgIpc) is 2.59. The first kappa shape index (κ1) is 12.2. The third-order valence-electron chi connectivity index (χ3n) is 2.42. The fraction of sp³-hybridized carbons (Fsp3) is 0.385. The van der Waals surface area contributed by atoms with E-state index in [0.29, 0.717) is 0 Å². The topological polar surface area (TPSA) is 51.8 Å². The monoisotopic (exact) mass is 247 g/mol. The lowest BCUT2D eigenvalue weighted by Crippen LogP contribution is -2.34. The summed E-state index contributed by atoms with van der Waals surface area (Å²) in [6, 6.07) is 3.96. The maximum atomic E-state index is 6.05. The van der Waals surface area contributed by atoms with Crippen molar-refractivity contribution >= 4 is 11.3 Å². The number of hydrogen-bond donors (Lipinski definition) is 1. The van der Waals surface area contributed by atoms with Gasteiger partial charge in [0.15, 0.2) is 0 Å². The van der Waals surface area contributed by atoms with Crippen LogP contribution in [-0.2, 0) is 6.42 Å². The average molecular weight is 247 g/mol. The maximum Gasteiger partial charge on any atom is 0.125 e. The minimum absolute atomic E-state index is 0.191. The minimum Gasteiger partial charge on any atom is -0.325 e. The number of nitrogens with zero attached hydrogens (tertiary/aromatic N) is 2. The Morgan fingerprint density at radius 3 is 2.76 bits per heavy atom. The van der Waals surface area contributed by atoms with E-state index in [2.05, 4.69) is 9.97 Å². The van der Waals surface area contributed by atoms with Crippen molar-refractivity contribution in [3.05, 3.63) is 35.1 Å². The molecule has 4 heteroatoms. The molecule has 90 valence electrons. The normalized spacial score (nSPS) is 11.8. The molecule has 0 aliphatic heterocycles. The third kappa shape index (κ3) is 3.11. The highest BCUT2D eigenvalue weighted by atomic mass is 32.1. The smallest absolute Gasteiger partial charge is 0.125 e. The highest BCUT2D eigenvalue weighted by molar-refractivity contribution is 7.15. The molecule has 3 nitrogen and oxygen atoms in total. The van der Waals surface area contributed by atoms with Crippen LogP contribution in [0.1, 0.15) is 24.4 Å². The van der Waals surface area contributed by atoms with Crippen LogP contribution in [0.5, 0.6) is 0 Å². The molecule has 0 aliphatic carbocycles. The van der Waals surface area contributed by atoms with Crippen molar-refractivity contribution < 1.29 is 0 Å². The fourth-order valence-electron chi connectivity index (χ4n) is 1.62. The van der Waals surface area contributed by atoms with Gasteiger partial charge in [-0.25, -0.2) is 4.98 Å². The van der Waals surface area contributed by atoms with Crippen LogP contribution in [0.15, 0.2) is 24.5 Å². The molecule has 0 fully saturated rings. The molecular weight excluding hydrogens is 230 g/mol. The van der Waals surface area contributed by atoms with Gasteiger partial charge in [-0.05, 0) is 32.9 Å². The van der Waals surface area contributed by atoms with E-state index in [1.807, 2.05) is 39.1 Å². The summed E-state index contributed by atoms with van der Waals surface area (Å²) in [5.41, 5.74) is 8.01. The van der Waals surface area contributed by atoms with E-state index in [4.69, 9.17) is 5.73 Å². The van der Waals surface area contributed by atoms with Gasteiger partial charge in [-0.15, -0.1) is 11.3 Å². The molecule has 0 aromatic carbocycles. The Hall–Kier alpha value is -1.26. The minimum atomic E-state index is -0.191. The second-order valence-electron chi connectivity index (χ2n) is 4.93. The van der Waals surface area contributed by atoms with E-state index in [0.717, 1.165) is 22.7 Å². The zero-order chi connectivity index (χ0) is 12.5. The summed E-state index contributed by atoms with van der Waals surface area (Å²) in [5, 5.41) is 1.02. The van der Waals surface area contributed by atoms with Crippen molar-refractivity contribution in [2.24, 2.45) is 5.73 Å². The molecule has 2 aromatic heterocycles. The lowest BCUT2D eigenvalue weighted by Gasteiger charge is -2.16. The van der Waals surface area contributed by atoms with Crippen LogP contribution in [0.3, 0.4) is 0 Å². The highest BCUT2D eigenvalue weighted by Crippen LogP contribution is 2.29. The number of nitrogens with two attached hydrogens (primary N) is 1. The first-order valence-corrected chi connectivity index (χ1v) is 6.43. The Kier molecular flexibility index (Phi) is 3.26. The molecule has 0 unspecified atom stereocenters. The predicted octanol–water partition coefficient (Wildman–Crippen LogP) is 2.79. The zero-order valence-electron chi connectivity index (χ0n) is 10.4. The van der Waals surface area contributed by atoms with Crippen molar-refractivity contribution in [1.29, 1.82) is 0 Å². The lowest BCUT2D eigenvalue weighted by atomic mass is 10.0. The first-order valence-electron chi connectivity index (χ1n) is 5.61. The van der Waals surface area contributed by atoms with Crippen LogP contribution < -0.4 is 5.73 Å². The second-order valence-corrected chi connectivity index (χ2v) is 6.02. The van der Waals surface area contributed by atoms with E-state index in [9.17, 15) is 0 Å². The van der Waals surface area contributed by atoms with Gasteiger partial charge in [-0.3, -0.25) is 4.98 Å². The van der Waals surface area contributed by atoms with E-state index in [-0.39, 0.29) is 5.54 Å². The Balaban J connectivity index is 2.31. The third-order valence-corrected chi connectivity index (χ3v) is 3.62. The largest absolute Gasteiger partial charge is 0.325 e. The summed E-state index contributed by atoms with van der Waals surface area (Å²) >= 11 is 1.71. The molecule has 17 heavy (non-hydrogen) atoms. The molecule has 0 amide bonds. The summed E-state index contributed by atoms with van der Waals surface area (Å²) in [6.07, 6.45) is 4.47. The Labute approximate surface area is 106 Å². The van der Waals surface area contributed by atoms with Gasteiger partial charge in [0.1, 0.15) is 5.01 Å². The number of rotatable bonds is 3. The number of aryl methyl sites for hydroxylation is 1. The predicted molar refractivity (Wildman–Crippen MR) is 72.1 cm³/mol. The fourth-order valence-corrected chi connectivity index (χ4v) is 2.91. The molecule has 2 aromatic rings. The molecule has 0 saturated heterocycles. The summed E-state index contributed by atoms with van der Waals surface area (Å²) < 4.78 is 0. The van der Waals surface area contributed by atoms with Crippen molar-refractivity contribution in [2.45, 2.75) is 32.7 Å². The van der Waals surface area contributed by atoms with Gasteiger partial charge in [-0.2, -0.15) is 0 Å². The van der Waals surface area contributed by atoms with Gasteiger partial charge in [0, 0.05) is 34.8 Å². The lowest BCUT2D eigenvalue weighted by molar-refractivity contribution is 0.519. The molecule has 2 N–H and O–H groups in total. The summed E-state index contributed by atoms with van der Waals surface area (Å²) in [7, 11) is 0. The molecule has 0 aliphatic rings. The van der Waals surface area contributed by atoms with Gasteiger partial charge < -0.3 is 5.73 Å².